The Morgan fingerprint density at radius 3 is 1.30 bits per heavy atom. The molecule has 0 amide bonds. The van der Waals surface area contributed by atoms with E-state index in [9.17, 15) is 9.59 Å². The van der Waals surface area contributed by atoms with Crippen LogP contribution in [0.1, 0.15) is 175 Å². The SMILES string of the molecule is CCCCC/C=C\C/C=C\CCCCCCCC(=O)O[CH]C(C)OC(=O)CCCCCCC/C=C\C/C=C\CCCCC. The summed E-state index contributed by atoms with van der Waals surface area (Å²) in [5.41, 5.74) is 0. The summed E-state index contributed by atoms with van der Waals surface area (Å²) < 4.78 is 10.5. The molecule has 0 aromatic rings. The Labute approximate surface area is 266 Å². The van der Waals surface area contributed by atoms with Gasteiger partial charge in [0.1, 0.15) is 6.10 Å². The summed E-state index contributed by atoms with van der Waals surface area (Å²) in [6.45, 7) is 7.56. The highest BCUT2D eigenvalue weighted by Crippen LogP contribution is 2.12. The number of hydrogen-bond donors (Lipinski definition) is 0. The third kappa shape index (κ3) is 34.3. The molecule has 4 nitrogen and oxygen atoms in total. The summed E-state index contributed by atoms with van der Waals surface area (Å²) in [6.07, 6.45) is 44.0. The van der Waals surface area contributed by atoms with Crippen molar-refractivity contribution in [3.8, 4) is 0 Å². The molecule has 0 saturated carbocycles. The largest absolute Gasteiger partial charge is 0.459 e. The second-order valence-corrected chi connectivity index (χ2v) is 11.8. The minimum absolute atomic E-state index is 0.223. The maximum Gasteiger partial charge on any atom is 0.306 e. The van der Waals surface area contributed by atoms with E-state index in [1.54, 1.807) is 6.92 Å². The lowest BCUT2D eigenvalue weighted by atomic mass is 10.1. The Bertz CT molecular complexity index is 734. The molecule has 43 heavy (non-hydrogen) atoms. The van der Waals surface area contributed by atoms with Crippen LogP contribution in [0.2, 0.25) is 0 Å². The number of esters is 2. The highest BCUT2D eigenvalue weighted by molar-refractivity contribution is 5.70. The Morgan fingerprint density at radius 1 is 0.488 bits per heavy atom. The number of unbranched alkanes of at least 4 members (excludes halogenated alkanes) is 16. The molecular formula is C39H67O4. The van der Waals surface area contributed by atoms with E-state index in [1.165, 1.54) is 83.7 Å². The zero-order valence-electron chi connectivity index (χ0n) is 28.4. The first-order valence-electron chi connectivity index (χ1n) is 17.9. The van der Waals surface area contributed by atoms with Gasteiger partial charge < -0.3 is 9.47 Å². The molecule has 1 unspecified atom stereocenters. The molecule has 247 valence electrons. The van der Waals surface area contributed by atoms with E-state index in [1.807, 2.05) is 0 Å². The molecule has 0 aromatic heterocycles. The summed E-state index contributed by atoms with van der Waals surface area (Å²) in [4.78, 5) is 24.0. The fraction of sp³-hybridized carbons (Fsp3) is 0.718. The van der Waals surface area contributed by atoms with Crippen LogP contribution in [-0.2, 0) is 19.1 Å². The van der Waals surface area contributed by atoms with Gasteiger partial charge in [0.2, 0.25) is 0 Å². The molecule has 0 aliphatic heterocycles. The third-order valence-corrected chi connectivity index (χ3v) is 7.37. The van der Waals surface area contributed by atoms with Crippen LogP contribution in [0.25, 0.3) is 0 Å². The smallest absolute Gasteiger partial charge is 0.306 e. The molecule has 0 aliphatic carbocycles. The molecule has 0 aromatic carbocycles. The zero-order chi connectivity index (χ0) is 31.5. The average Bonchev–Trinajstić information content (AvgIpc) is 3.00. The molecule has 0 rings (SSSR count). The summed E-state index contributed by atoms with van der Waals surface area (Å²) >= 11 is 0. The van der Waals surface area contributed by atoms with Gasteiger partial charge in [0, 0.05) is 12.8 Å². The number of allylic oxidation sites excluding steroid dienone is 8. The number of carbonyl (C=O) groups excluding carboxylic acids is 2. The van der Waals surface area contributed by atoms with Crippen molar-refractivity contribution in [3.63, 3.8) is 0 Å². The number of ether oxygens (including phenoxy) is 2. The van der Waals surface area contributed by atoms with Crippen LogP contribution in [0, 0.1) is 6.61 Å². The van der Waals surface area contributed by atoms with E-state index in [0.717, 1.165) is 64.2 Å². The average molecular weight is 600 g/mol. The fourth-order valence-electron chi connectivity index (χ4n) is 4.69. The first-order chi connectivity index (χ1) is 21.1. The first kappa shape index (κ1) is 40.9. The second-order valence-electron chi connectivity index (χ2n) is 11.8. The van der Waals surface area contributed by atoms with Crippen LogP contribution in [0.4, 0.5) is 0 Å². The highest BCUT2D eigenvalue weighted by atomic mass is 16.6. The van der Waals surface area contributed by atoms with Crippen LogP contribution < -0.4 is 0 Å². The van der Waals surface area contributed by atoms with Crippen molar-refractivity contribution in [3.05, 3.63) is 55.2 Å². The molecule has 0 spiro atoms. The number of rotatable bonds is 31. The highest BCUT2D eigenvalue weighted by Gasteiger charge is 2.13. The normalized spacial score (nSPS) is 12.7. The summed E-state index contributed by atoms with van der Waals surface area (Å²) in [6, 6.07) is 0. The molecule has 0 aliphatic rings. The van der Waals surface area contributed by atoms with Crippen molar-refractivity contribution in [1.29, 1.82) is 0 Å². The van der Waals surface area contributed by atoms with Crippen LogP contribution in [0.15, 0.2) is 48.6 Å². The second kappa shape index (κ2) is 34.4. The predicted molar refractivity (Wildman–Crippen MR) is 185 cm³/mol. The van der Waals surface area contributed by atoms with E-state index >= 15 is 0 Å². The maximum atomic E-state index is 12.1. The Morgan fingerprint density at radius 2 is 0.860 bits per heavy atom. The van der Waals surface area contributed by atoms with Gasteiger partial charge in [-0.2, -0.15) is 0 Å². The molecule has 1 atom stereocenters. The van der Waals surface area contributed by atoms with Crippen LogP contribution in [-0.4, -0.2) is 18.0 Å². The van der Waals surface area contributed by atoms with Crippen molar-refractivity contribution in [2.75, 3.05) is 0 Å². The maximum absolute atomic E-state index is 12.1. The van der Waals surface area contributed by atoms with Crippen molar-refractivity contribution < 1.29 is 19.1 Å². The van der Waals surface area contributed by atoms with Crippen molar-refractivity contribution in [2.24, 2.45) is 0 Å². The quantitative estimate of drug-likeness (QED) is 0.0452. The molecule has 0 N–H and O–H groups in total. The van der Waals surface area contributed by atoms with Crippen LogP contribution in [0.3, 0.4) is 0 Å². The van der Waals surface area contributed by atoms with Crippen LogP contribution in [0.5, 0.6) is 0 Å². The molecule has 4 heteroatoms. The lowest BCUT2D eigenvalue weighted by molar-refractivity contribution is -0.153. The topological polar surface area (TPSA) is 52.6 Å². The Hall–Kier alpha value is -2.10. The van der Waals surface area contributed by atoms with Gasteiger partial charge in [-0.1, -0.05) is 127 Å². The van der Waals surface area contributed by atoms with Gasteiger partial charge in [-0.25, -0.2) is 0 Å². The molecule has 0 heterocycles. The van der Waals surface area contributed by atoms with Gasteiger partial charge in [-0.05, 0) is 84.0 Å². The number of hydrogen-bond acceptors (Lipinski definition) is 4. The minimum atomic E-state index is -0.515. The Balaban J connectivity index is 3.52. The molecular weight excluding hydrogens is 532 g/mol. The van der Waals surface area contributed by atoms with Gasteiger partial charge in [0.15, 0.2) is 6.61 Å². The lowest BCUT2D eigenvalue weighted by Crippen LogP contribution is -2.18. The van der Waals surface area contributed by atoms with Crippen molar-refractivity contribution in [2.45, 2.75) is 181 Å². The van der Waals surface area contributed by atoms with Crippen molar-refractivity contribution in [1.82, 2.24) is 0 Å². The predicted octanol–water partition coefficient (Wildman–Crippen LogP) is 12.3. The van der Waals surface area contributed by atoms with Gasteiger partial charge in [-0.15, -0.1) is 0 Å². The summed E-state index contributed by atoms with van der Waals surface area (Å²) in [5.74, 6) is -0.471. The number of carbonyl (C=O) groups is 2. The minimum Gasteiger partial charge on any atom is -0.459 e. The van der Waals surface area contributed by atoms with Gasteiger partial charge in [0.05, 0.1) is 0 Å². The van der Waals surface area contributed by atoms with Crippen molar-refractivity contribution >= 4 is 11.9 Å². The summed E-state index contributed by atoms with van der Waals surface area (Å²) in [5, 5.41) is 0. The first-order valence-corrected chi connectivity index (χ1v) is 17.9. The zero-order valence-corrected chi connectivity index (χ0v) is 28.4. The monoisotopic (exact) mass is 600 g/mol. The summed E-state index contributed by atoms with van der Waals surface area (Å²) in [7, 11) is 0. The van der Waals surface area contributed by atoms with E-state index in [4.69, 9.17) is 9.47 Å². The van der Waals surface area contributed by atoms with E-state index in [-0.39, 0.29) is 11.9 Å². The van der Waals surface area contributed by atoms with E-state index in [0.29, 0.717) is 12.8 Å². The van der Waals surface area contributed by atoms with Gasteiger partial charge in [0.25, 0.3) is 0 Å². The molecule has 0 fully saturated rings. The van der Waals surface area contributed by atoms with E-state index in [2.05, 4.69) is 62.5 Å². The fourth-order valence-corrected chi connectivity index (χ4v) is 4.69. The third-order valence-electron chi connectivity index (χ3n) is 7.37. The lowest BCUT2D eigenvalue weighted by Gasteiger charge is -2.13. The standard InChI is InChI=1S/C39H67O4/c1-4-6-8-10-12-14-16-18-20-22-24-26-28-30-32-34-38(40)42-36-37(3)43-39(41)35-33-31-29-27-25-23-21-19-17-15-13-11-9-7-5-2/h12-15,18-21,36-37H,4-11,16-17,22-35H2,1-3H3/b14-12-,15-13-,20-18-,21-19-. The van der Waals surface area contributed by atoms with Gasteiger partial charge >= 0.3 is 11.9 Å². The molecule has 1 radical (unpaired) electrons. The molecule has 0 bridgehead atoms. The van der Waals surface area contributed by atoms with Gasteiger partial charge in [-0.3, -0.25) is 9.59 Å². The molecule has 0 saturated heterocycles. The van der Waals surface area contributed by atoms with E-state index < -0.39 is 6.10 Å². The van der Waals surface area contributed by atoms with Crippen LogP contribution >= 0.6 is 0 Å². The Kier molecular flexibility index (Phi) is 32.7.